The number of amides is 1. The molecule has 2 rings (SSSR count). The summed E-state index contributed by atoms with van der Waals surface area (Å²) in [5.74, 6) is 1.68. The Kier molecular flexibility index (Phi) is 5.48. The summed E-state index contributed by atoms with van der Waals surface area (Å²) in [5, 5.41) is 3.66. The number of hydrogen-bond acceptors (Lipinski definition) is 2. The van der Waals surface area contributed by atoms with E-state index in [1.165, 1.54) is 25.7 Å². The van der Waals surface area contributed by atoms with Gasteiger partial charge in [0.1, 0.15) is 0 Å². The largest absolute Gasteiger partial charge is 0.323 e. The standard InChI is InChI=1S/C17H32N2O/c1-5-8-15-17(20)19(13(4)11-12(2)3)16(18-15)14-9-6-7-10-14/h12-16,18H,5-11H2,1-4H3. The van der Waals surface area contributed by atoms with Crippen molar-refractivity contribution in [2.24, 2.45) is 11.8 Å². The van der Waals surface area contributed by atoms with Crippen molar-refractivity contribution in [3.63, 3.8) is 0 Å². The highest BCUT2D eigenvalue weighted by Crippen LogP contribution is 2.34. The van der Waals surface area contributed by atoms with Gasteiger partial charge in [-0.25, -0.2) is 0 Å². The summed E-state index contributed by atoms with van der Waals surface area (Å²) in [6.45, 7) is 8.90. The molecule has 3 heteroatoms. The molecule has 1 aliphatic heterocycles. The van der Waals surface area contributed by atoms with E-state index in [4.69, 9.17) is 0 Å². The fraction of sp³-hybridized carbons (Fsp3) is 0.941. The number of carbonyl (C=O) groups is 1. The molecule has 3 unspecified atom stereocenters. The minimum Gasteiger partial charge on any atom is -0.323 e. The van der Waals surface area contributed by atoms with Gasteiger partial charge in [0, 0.05) is 6.04 Å². The van der Waals surface area contributed by atoms with Gasteiger partial charge in [-0.3, -0.25) is 10.1 Å². The molecule has 2 aliphatic rings. The molecule has 0 spiro atoms. The van der Waals surface area contributed by atoms with Crippen LogP contribution < -0.4 is 5.32 Å². The van der Waals surface area contributed by atoms with Crippen LogP contribution in [0.5, 0.6) is 0 Å². The molecule has 1 saturated heterocycles. The molecule has 0 radical (unpaired) electrons. The molecule has 1 N–H and O–H groups in total. The van der Waals surface area contributed by atoms with Crippen molar-refractivity contribution in [1.29, 1.82) is 0 Å². The van der Waals surface area contributed by atoms with Crippen molar-refractivity contribution in [3.8, 4) is 0 Å². The number of rotatable bonds is 6. The first-order valence-corrected chi connectivity index (χ1v) is 8.62. The molecule has 0 bridgehead atoms. The Labute approximate surface area is 124 Å². The summed E-state index contributed by atoms with van der Waals surface area (Å²) in [4.78, 5) is 15.0. The van der Waals surface area contributed by atoms with E-state index in [9.17, 15) is 4.79 Å². The van der Waals surface area contributed by atoms with Gasteiger partial charge >= 0.3 is 0 Å². The lowest BCUT2D eigenvalue weighted by atomic mass is 9.99. The first-order valence-electron chi connectivity index (χ1n) is 8.62. The van der Waals surface area contributed by atoms with E-state index in [0.29, 0.717) is 30.0 Å². The van der Waals surface area contributed by atoms with Crippen LogP contribution in [0, 0.1) is 11.8 Å². The molecule has 1 saturated carbocycles. The predicted octanol–water partition coefficient (Wildman–Crippen LogP) is 3.54. The minimum atomic E-state index is 0.0696. The molecule has 1 aliphatic carbocycles. The molecule has 0 aromatic carbocycles. The van der Waals surface area contributed by atoms with Crippen LogP contribution in [0.3, 0.4) is 0 Å². The van der Waals surface area contributed by atoms with Crippen LogP contribution in [0.25, 0.3) is 0 Å². The van der Waals surface area contributed by atoms with Gasteiger partial charge in [0.25, 0.3) is 0 Å². The average Bonchev–Trinajstić information content (AvgIpc) is 2.97. The zero-order chi connectivity index (χ0) is 14.7. The van der Waals surface area contributed by atoms with Crippen LogP contribution in [-0.4, -0.2) is 29.1 Å². The highest BCUT2D eigenvalue weighted by molar-refractivity contribution is 5.84. The fourth-order valence-electron chi connectivity index (χ4n) is 4.09. The third-order valence-electron chi connectivity index (χ3n) is 4.94. The van der Waals surface area contributed by atoms with Gasteiger partial charge in [-0.1, -0.05) is 40.0 Å². The topological polar surface area (TPSA) is 32.3 Å². The molecule has 1 heterocycles. The quantitative estimate of drug-likeness (QED) is 0.807. The number of carbonyl (C=O) groups excluding carboxylic acids is 1. The second-order valence-electron chi connectivity index (χ2n) is 7.22. The van der Waals surface area contributed by atoms with E-state index in [-0.39, 0.29) is 6.04 Å². The first kappa shape index (κ1) is 15.8. The Balaban J connectivity index is 2.11. The maximum Gasteiger partial charge on any atom is 0.241 e. The third-order valence-corrected chi connectivity index (χ3v) is 4.94. The SMILES string of the molecule is CCCC1NC(C2CCCC2)N(C(C)CC(C)C)C1=O. The van der Waals surface area contributed by atoms with Gasteiger partial charge in [-0.2, -0.15) is 0 Å². The first-order chi connectivity index (χ1) is 9.54. The van der Waals surface area contributed by atoms with Crippen LogP contribution in [0.4, 0.5) is 0 Å². The number of hydrogen-bond donors (Lipinski definition) is 1. The zero-order valence-electron chi connectivity index (χ0n) is 13.7. The smallest absolute Gasteiger partial charge is 0.241 e. The Hall–Kier alpha value is -0.570. The maximum absolute atomic E-state index is 12.7. The summed E-state index contributed by atoms with van der Waals surface area (Å²) in [5.41, 5.74) is 0. The lowest BCUT2D eigenvalue weighted by Crippen LogP contribution is -2.47. The maximum atomic E-state index is 12.7. The average molecular weight is 280 g/mol. The minimum absolute atomic E-state index is 0.0696. The summed E-state index contributed by atoms with van der Waals surface area (Å²) in [7, 11) is 0. The summed E-state index contributed by atoms with van der Waals surface area (Å²) >= 11 is 0. The van der Waals surface area contributed by atoms with Crippen LogP contribution in [-0.2, 0) is 4.79 Å². The molecular formula is C17H32N2O. The van der Waals surface area contributed by atoms with Crippen LogP contribution in [0.15, 0.2) is 0 Å². The highest BCUT2D eigenvalue weighted by Gasteiger charge is 2.44. The van der Waals surface area contributed by atoms with E-state index >= 15 is 0 Å². The fourth-order valence-corrected chi connectivity index (χ4v) is 4.09. The molecule has 0 aromatic rings. The Morgan fingerprint density at radius 3 is 2.45 bits per heavy atom. The second kappa shape index (κ2) is 6.93. The van der Waals surface area contributed by atoms with E-state index in [1.54, 1.807) is 0 Å². The van der Waals surface area contributed by atoms with Gasteiger partial charge in [-0.15, -0.1) is 0 Å². The van der Waals surface area contributed by atoms with Crippen molar-refractivity contribution in [2.45, 2.75) is 90.9 Å². The summed E-state index contributed by atoms with van der Waals surface area (Å²) in [6.07, 6.45) is 8.71. The molecule has 3 nitrogen and oxygen atoms in total. The summed E-state index contributed by atoms with van der Waals surface area (Å²) < 4.78 is 0. The summed E-state index contributed by atoms with van der Waals surface area (Å²) in [6, 6.07) is 0.433. The van der Waals surface area contributed by atoms with Crippen LogP contribution >= 0.6 is 0 Å². The van der Waals surface area contributed by atoms with E-state index in [2.05, 4.69) is 37.9 Å². The molecular weight excluding hydrogens is 248 g/mol. The number of nitrogens with one attached hydrogen (secondary N) is 1. The molecule has 20 heavy (non-hydrogen) atoms. The van der Waals surface area contributed by atoms with Gasteiger partial charge in [0.05, 0.1) is 12.2 Å². The Morgan fingerprint density at radius 2 is 1.90 bits per heavy atom. The van der Waals surface area contributed by atoms with Crippen molar-refractivity contribution >= 4 is 5.91 Å². The van der Waals surface area contributed by atoms with E-state index in [1.807, 2.05) is 0 Å². The van der Waals surface area contributed by atoms with Gasteiger partial charge in [0.2, 0.25) is 5.91 Å². The van der Waals surface area contributed by atoms with E-state index in [0.717, 1.165) is 19.3 Å². The lowest BCUT2D eigenvalue weighted by molar-refractivity contribution is -0.133. The molecule has 1 amide bonds. The normalized spacial score (nSPS) is 29.6. The monoisotopic (exact) mass is 280 g/mol. The van der Waals surface area contributed by atoms with Crippen LogP contribution in [0.1, 0.15) is 72.6 Å². The zero-order valence-corrected chi connectivity index (χ0v) is 13.7. The Morgan fingerprint density at radius 1 is 1.25 bits per heavy atom. The predicted molar refractivity (Wildman–Crippen MR) is 83.3 cm³/mol. The van der Waals surface area contributed by atoms with Gasteiger partial charge < -0.3 is 4.90 Å². The van der Waals surface area contributed by atoms with Crippen LogP contribution in [0.2, 0.25) is 0 Å². The Bertz CT molecular complexity index is 323. The van der Waals surface area contributed by atoms with E-state index < -0.39 is 0 Å². The molecule has 3 atom stereocenters. The van der Waals surface area contributed by atoms with Crippen molar-refractivity contribution in [2.75, 3.05) is 0 Å². The van der Waals surface area contributed by atoms with Gasteiger partial charge in [-0.05, 0) is 44.4 Å². The molecule has 0 aromatic heterocycles. The number of nitrogens with zero attached hydrogens (tertiary/aromatic N) is 1. The van der Waals surface area contributed by atoms with Crippen molar-refractivity contribution < 1.29 is 4.79 Å². The lowest BCUT2D eigenvalue weighted by Gasteiger charge is -2.34. The molecule has 2 fully saturated rings. The third kappa shape index (κ3) is 3.36. The second-order valence-corrected chi connectivity index (χ2v) is 7.22. The van der Waals surface area contributed by atoms with Gasteiger partial charge in [0.15, 0.2) is 0 Å². The molecule has 116 valence electrons. The van der Waals surface area contributed by atoms with Crippen molar-refractivity contribution in [3.05, 3.63) is 0 Å². The highest BCUT2D eigenvalue weighted by atomic mass is 16.2. The van der Waals surface area contributed by atoms with Crippen molar-refractivity contribution in [1.82, 2.24) is 10.2 Å².